The molecule has 1 saturated carbocycles. The van der Waals surface area contributed by atoms with Crippen molar-refractivity contribution in [1.29, 1.82) is 0 Å². The predicted octanol–water partition coefficient (Wildman–Crippen LogP) is 1.88. The van der Waals surface area contributed by atoms with Crippen LogP contribution in [0.2, 0.25) is 0 Å². The summed E-state index contributed by atoms with van der Waals surface area (Å²) >= 11 is 3.55. The summed E-state index contributed by atoms with van der Waals surface area (Å²) in [6.45, 7) is 4.00. The van der Waals surface area contributed by atoms with Crippen molar-refractivity contribution in [3.8, 4) is 0 Å². The van der Waals surface area contributed by atoms with Crippen LogP contribution in [-0.4, -0.2) is 25.0 Å². The maximum absolute atomic E-state index is 11.4. The van der Waals surface area contributed by atoms with Gasteiger partial charge in [-0.25, -0.2) is 13.1 Å². The summed E-state index contributed by atoms with van der Waals surface area (Å²) < 4.78 is 25.6. The number of halogens is 1. The van der Waals surface area contributed by atoms with Crippen LogP contribution in [0, 0.1) is 5.92 Å². The molecular weight excluding hydrogens is 266 g/mol. The van der Waals surface area contributed by atoms with E-state index in [1.807, 2.05) is 0 Å². The largest absolute Gasteiger partial charge is 0.215 e. The molecule has 14 heavy (non-hydrogen) atoms. The van der Waals surface area contributed by atoms with Gasteiger partial charge in [0.1, 0.15) is 0 Å². The zero-order valence-corrected chi connectivity index (χ0v) is 11.1. The second-order valence-corrected chi connectivity index (χ2v) is 7.84. The highest BCUT2D eigenvalue weighted by Crippen LogP contribution is 2.30. The SMILES string of the molecule is CC(C)S(=O)(=O)NCC1CCC(Br)C1. The molecule has 0 saturated heterocycles. The third-order valence-corrected chi connectivity index (χ3v) is 5.31. The van der Waals surface area contributed by atoms with Gasteiger partial charge in [-0.3, -0.25) is 0 Å². The molecule has 0 bridgehead atoms. The highest BCUT2D eigenvalue weighted by Gasteiger charge is 2.24. The van der Waals surface area contributed by atoms with Gasteiger partial charge in [-0.2, -0.15) is 0 Å². The van der Waals surface area contributed by atoms with Gasteiger partial charge in [0, 0.05) is 11.4 Å². The quantitative estimate of drug-likeness (QED) is 0.801. The van der Waals surface area contributed by atoms with E-state index >= 15 is 0 Å². The fourth-order valence-electron chi connectivity index (χ4n) is 1.60. The molecule has 1 aliphatic rings. The average molecular weight is 284 g/mol. The van der Waals surface area contributed by atoms with E-state index in [2.05, 4.69) is 20.7 Å². The van der Waals surface area contributed by atoms with Crippen LogP contribution < -0.4 is 4.72 Å². The molecule has 5 heteroatoms. The van der Waals surface area contributed by atoms with Crippen LogP contribution in [0.15, 0.2) is 0 Å². The van der Waals surface area contributed by atoms with Crippen molar-refractivity contribution in [2.75, 3.05) is 6.54 Å². The van der Waals surface area contributed by atoms with E-state index in [-0.39, 0.29) is 5.25 Å². The molecule has 1 N–H and O–H groups in total. The standard InChI is InChI=1S/C9H18BrNO2S/c1-7(2)14(12,13)11-6-8-3-4-9(10)5-8/h7-9,11H,3-6H2,1-2H3. The second kappa shape index (κ2) is 4.94. The van der Waals surface area contributed by atoms with E-state index in [0.29, 0.717) is 17.3 Å². The third kappa shape index (κ3) is 3.51. The zero-order chi connectivity index (χ0) is 10.8. The lowest BCUT2D eigenvalue weighted by Gasteiger charge is -2.13. The van der Waals surface area contributed by atoms with Gasteiger partial charge in [0.05, 0.1) is 5.25 Å². The van der Waals surface area contributed by atoms with Gasteiger partial charge in [-0.15, -0.1) is 0 Å². The number of nitrogens with one attached hydrogen (secondary N) is 1. The summed E-state index contributed by atoms with van der Waals surface area (Å²) in [7, 11) is -3.07. The first-order valence-corrected chi connectivity index (χ1v) is 7.50. The minimum atomic E-state index is -3.07. The molecule has 84 valence electrons. The van der Waals surface area contributed by atoms with Crippen LogP contribution >= 0.6 is 15.9 Å². The Morgan fingerprint density at radius 1 is 1.43 bits per heavy atom. The lowest BCUT2D eigenvalue weighted by atomic mass is 10.1. The molecule has 2 atom stereocenters. The Balaban J connectivity index is 2.34. The van der Waals surface area contributed by atoms with Gasteiger partial charge >= 0.3 is 0 Å². The monoisotopic (exact) mass is 283 g/mol. The Labute approximate surface area is 94.8 Å². The highest BCUT2D eigenvalue weighted by atomic mass is 79.9. The first kappa shape index (κ1) is 12.5. The van der Waals surface area contributed by atoms with Crippen molar-refractivity contribution >= 4 is 26.0 Å². The van der Waals surface area contributed by atoms with E-state index in [0.717, 1.165) is 19.3 Å². The van der Waals surface area contributed by atoms with E-state index in [9.17, 15) is 8.42 Å². The van der Waals surface area contributed by atoms with E-state index < -0.39 is 10.0 Å². The molecule has 0 aromatic carbocycles. The molecule has 0 aliphatic heterocycles. The van der Waals surface area contributed by atoms with Crippen molar-refractivity contribution in [3.63, 3.8) is 0 Å². The molecule has 0 aromatic rings. The summed E-state index contributed by atoms with van der Waals surface area (Å²) in [5, 5.41) is -0.330. The molecule has 3 nitrogen and oxygen atoms in total. The Morgan fingerprint density at radius 3 is 2.50 bits per heavy atom. The van der Waals surface area contributed by atoms with Crippen molar-refractivity contribution in [2.24, 2.45) is 5.92 Å². The van der Waals surface area contributed by atoms with Gasteiger partial charge in [0.25, 0.3) is 0 Å². The summed E-state index contributed by atoms with van der Waals surface area (Å²) in [5.41, 5.74) is 0. The van der Waals surface area contributed by atoms with Gasteiger partial charge in [0.2, 0.25) is 10.0 Å². The van der Waals surface area contributed by atoms with Crippen molar-refractivity contribution in [2.45, 2.75) is 43.2 Å². The summed E-state index contributed by atoms with van der Waals surface area (Å²) in [6, 6.07) is 0. The molecule has 0 heterocycles. The van der Waals surface area contributed by atoms with Crippen molar-refractivity contribution in [1.82, 2.24) is 4.72 Å². The van der Waals surface area contributed by atoms with E-state index in [4.69, 9.17) is 0 Å². The number of sulfonamides is 1. The number of hydrogen-bond acceptors (Lipinski definition) is 2. The predicted molar refractivity (Wildman–Crippen MR) is 62.1 cm³/mol. The lowest BCUT2D eigenvalue weighted by Crippen LogP contribution is -2.34. The summed E-state index contributed by atoms with van der Waals surface area (Å²) in [6.07, 6.45) is 3.37. The fraction of sp³-hybridized carbons (Fsp3) is 1.00. The topological polar surface area (TPSA) is 46.2 Å². The highest BCUT2D eigenvalue weighted by molar-refractivity contribution is 9.09. The van der Waals surface area contributed by atoms with Crippen molar-refractivity contribution < 1.29 is 8.42 Å². The van der Waals surface area contributed by atoms with Crippen LogP contribution in [0.4, 0.5) is 0 Å². The molecule has 0 spiro atoms. The Hall–Kier alpha value is 0.390. The molecule has 0 radical (unpaired) electrons. The molecule has 1 fully saturated rings. The molecule has 0 amide bonds. The number of rotatable bonds is 4. The Kier molecular flexibility index (Phi) is 4.40. The normalized spacial score (nSPS) is 28.6. The van der Waals surface area contributed by atoms with E-state index in [1.165, 1.54) is 0 Å². The first-order chi connectivity index (χ1) is 6.42. The summed E-state index contributed by atoms with van der Waals surface area (Å²) in [5.74, 6) is 0.507. The Bertz CT molecular complexity index is 277. The molecule has 1 aliphatic carbocycles. The van der Waals surface area contributed by atoms with Crippen LogP contribution in [0.3, 0.4) is 0 Å². The second-order valence-electron chi connectivity index (χ2n) is 4.22. The number of hydrogen-bond donors (Lipinski definition) is 1. The number of alkyl halides is 1. The van der Waals surface area contributed by atoms with Gasteiger partial charge in [-0.1, -0.05) is 15.9 Å². The molecule has 1 rings (SSSR count). The smallest absolute Gasteiger partial charge is 0.213 e. The van der Waals surface area contributed by atoms with Crippen LogP contribution in [0.25, 0.3) is 0 Å². The van der Waals surface area contributed by atoms with Gasteiger partial charge < -0.3 is 0 Å². The maximum Gasteiger partial charge on any atom is 0.213 e. The van der Waals surface area contributed by atoms with Crippen molar-refractivity contribution in [3.05, 3.63) is 0 Å². The van der Waals surface area contributed by atoms with Crippen LogP contribution in [0.1, 0.15) is 33.1 Å². The average Bonchev–Trinajstić information content (AvgIpc) is 2.48. The molecule has 2 unspecified atom stereocenters. The minimum absolute atomic E-state index is 0.330. The van der Waals surface area contributed by atoms with Crippen LogP contribution in [-0.2, 0) is 10.0 Å². The molecular formula is C9H18BrNO2S. The molecule has 0 aromatic heterocycles. The zero-order valence-electron chi connectivity index (χ0n) is 8.66. The van der Waals surface area contributed by atoms with Gasteiger partial charge in [0.15, 0.2) is 0 Å². The summed E-state index contributed by atoms with van der Waals surface area (Å²) in [4.78, 5) is 0.580. The Morgan fingerprint density at radius 2 is 2.07 bits per heavy atom. The van der Waals surface area contributed by atoms with Crippen LogP contribution in [0.5, 0.6) is 0 Å². The first-order valence-electron chi connectivity index (χ1n) is 5.04. The van der Waals surface area contributed by atoms with E-state index in [1.54, 1.807) is 13.8 Å². The fourth-order valence-corrected chi connectivity index (χ4v) is 3.19. The lowest BCUT2D eigenvalue weighted by molar-refractivity contribution is 0.517. The third-order valence-electron chi connectivity index (χ3n) is 2.67. The maximum atomic E-state index is 11.4. The van der Waals surface area contributed by atoms with Gasteiger partial charge in [-0.05, 0) is 39.0 Å². The minimum Gasteiger partial charge on any atom is -0.215 e.